The maximum atomic E-state index is 12.5. The van der Waals surface area contributed by atoms with E-state index in [-0.39, 0.29) is 11.8 Å². The predicted molar refractivity (Wildman–Crippen MR) is 113 cm³/mol. The summed E-state index contributed by atoms with van der Waals surface area (Å²) in [5.74, 6) is 1.58. The van der Waals surface area contributed by atoms with E-state index in [0.717, 1.165) is 68.9 Å². The molecule has 1 N–H and O–H groups in total. The quantitative estimate of drug-likeness (QED) is 0.791. The number of nitrogens with one attached hydrogen (secondary N) is 1. The third-order valence-electron chi connectivity index (χ3n) is 5.85. The van der Waals surface area contributed by atoms with Crippen LogP contribution in [0.5, 0.6) is 0 Å². The number of piperidine rings is 1. The molecule has 1 aromatic carbocycles. The first-order valence-corrected chi connectivity index (χ1v) is 10.5. The highest BCUT2D eigenvalue weighted by Gasteiger charge is 2.23. The van der Waals surface area contributed by atoms with Crippen molar-refractivity contribution in [1.82, 2.24) is 15.1 Å². The Labute approximate surface area is 168 Å². The number of rotatable bonds is 5. The van der Waals surface area contributed by atoms with Crippen LogP contribution in [-0.2, 0) is 0 Å². The van der Waals surface area contributed by atoms with Crippen molar-refractivity contribution < 1.29 is 9.59 Å². The molecule has 28 heavy (non-hydrogen) atoms. The summed E-state index contributed by atoms with van der Waals surface area (Å²) in [6, 6.07) is 7.78. The molecular weight excluding hydrogens is 352 g/mol. The van der Waals surface area contributed by atoms with E-state index in [0.29, 0.717) is 6.54 Å². The topological polar surface area (TPSA) is 55.9 Å². The van der Waals surface area contributed by atoms with Crippen LogP contribution in [0.1, 0.15) is 37.6 Å². The van der Waals surface area contributed by atoms with E-state index in [1.807, 2.05) is 29.2 Å². The number of carbonyl (C=O) groups is 2. The zero-order valence-corrected chi connectivity index (χ0v) is 17.5. The van der Waals surface area contributed by atoms with Gasteiger partial charge in [0.1, 0.15) is 0 Å². The number of ketones is 1. The second-order valence-corrected chi connectivity index (χ2v) is 8.51. The van der Waals surface area contributed by atoms with Crippen LogP contribution >= 0.6 is 0 Å². The SMILES string of the molecule is CC(=O)c1ccc(N2CCN(C(=O)NCCN3CC(C)CC(C)C3)CC2)cc1. The number of likely N-dealkylation sites (tertiary alicyclic amines) is 1. The van der Waals surface area contributed by atoms with Crippen LogP contribution in [0.2, 0.25) is 0 Å². The summed E-state index contributed by atoms with van der Waals surface area (Å²) in [5, 5.41) is 3.09. The van der Waals surface area contributed by atoms with Crippen molar-refractivity contribution in [2.45, 2.75) is 27.2 Å². The molecule has 2 heterocycles. The van der Waals surface area contributed by atoms with Crippen LogP contribution in [0.4, 0.5) is 10.5 Å². The molecule has 3 rings (SSSR count). The Balaban J connectivity index is 1.39. The average molecular weight is 387 g/mol. The number of amides is 2. The number of anilines is 1. The second kappa shape index (κ2) is 9.41. The summed E-state index contributed by atoms with van der Waals surface area (Å²) < 4.78 is 0. The predicted octanol–water partition coefficient (Wildman–Crippen LogP) is 2.70. The average Bonchev–Trinajstić information content (AvgIpc) is 2.67. The van der Waals surface area contributed by atoms with Gasteiger partial charge in [0.2, 0.25) is 0 Å². The summed E-state index contributed by atoms with van der Waals surface area (Å²) >= 11 is 0. The van der Waals surface area contributed by atoms with E-state index < -0.39 is 0 Å². The van der Waals surface area contributed by atoms with Crippen molar-refractivity contribution in [3.8, 4) is 0 Å². The van der Waals surface area contributed by atoms with Gasteiger partial charge in [0.05, 0.1) is 0 Å². The van der Waals surface area contributed by atoms with E-state index in [2.05, 4.69) is 29.0 Å². The second-order valence-electron chi connectivity index (χ2n) is 8.51. The molecule has 0 bridgehead atoms. The number of hydrogen-bond acceptors (Lipinski definition) is 4. The van der Waals surface area contributed by atoms with Gasteiger partial charge in [-0.3, -0.25) is 4.79 Å². The molecule has 0 spiro atoms. The fourth-order valence-electron chi connectivity index (χ4n) is 4.48. The van der Waals surface area contributed by atoms with E-state index in [1.165, 1.54) is 6.42 Å². The number of piperazine rings is 1. The molecule has 154 valence electrons. The molecule has 2 saturated heterocycles. The zero-order valence-electron chi connectivity index (χ0n) is 17.5. The van der Waals surface area contributed by atoms with E-state index in [9.17, 15) is 9.59 Å². The molecule has 0 radical (unpaired) electrons. The van der Waals surface area contributed by atoms with Gasteiger partial charge in [-0.2, -0.15) is 0 Å². The first-order valence-electron chi connectivity index (χ1n) is 10.5. The normalized spacial score (nSPS) is 23.5. The molecule has 0 aromatic heterocycles. The van der Waals surface area contributed by atoms with Crippen LogP contribution in [0.25, 0.3) is 0 Å². The minimum Gasteiger partial charge on any atom is -0.368 e. The number of carbonyl (C=O) groups excluding carboxylic acids is 2. The lowest BCUT2D eigenvalue weighted by atomic mass is 9.92. The molecule has 2 aliphatic heterocycles. The van der Waals surface area contributed by atoms with Gasteiger partial charge in [-0.1, -0.05) is 13.8 Å². The number of Topliss-reactive ketones (excluding diaryl/α,β-unsaturated/α-hetero) is 1. The third-order valence-corrected chi connectivity index (χ3v) is 5.85. The molecule has 1 aromatic rings. The minimum atomic E-state index is 0.0460. The molecular formula is C22H34N4O2. The molecule has 0 aliphatic carbocycles. The van der Waals surface area contributed by atoms with E-state index >= 15 is 0 Å². The van der Waals surface area contributed by atoms with Crippen molar-refractivity contribution >= 4 is 17.5 Å². The lowest BCUT2D eigenvalue weighted by Gasteiger charge is -2.37. The fourth-order valence-corrected chi connectivity index (χ4v) is 4.48. The van der Waals surface area contributed by atoms with Gasteiger partial charge in [0.25, 0.3) is 0 Å². The summed E-state index contributed by atoms with van der Waals surface area (Å²) in [6.45, 7) is 13.2. The maximum Gasteiger partial charge on any atom is 0.317 e. The van der Waals surface area contributed by atoms with Gasteiger partial charge in [-0.05, 0) is 49.4 Å². The Hall–Kier alpha value is -2.08. The highest BCUT2D eigenvalue weighted by atomic mass is 16.2. The molecule has 0 saturated carbocycles. The molecule has 2 unspecified atom stereocenters. The van der Waals surface area contributed by atoms with E-state index in [4.69, 9.17) is 0 Å². The van der Waals surface area contributed by atoms with Crippen LogP contribution in [-0.4, -0.2) is 74.0 Å². The molecule has 2 aliphatic rings. The van der Waals surface area contributed by atoms with E-state index in [1.54, 1.807) is 6.92 Å². The van der Waals surface area contributed by atoms with Gasteiger partial charge in [-0.25, -0.2) is 4.79 Å². The lowest BCUT2D eigenvalue weighted by Crippen LogP contribution is -2.53. The molecule has 6 nitrogen and oxygen atoms in total. The van der Waals surface area contributed by atoms with Gasteiger partial charge in [0.15, 0.2) is 5.78 Å². The van der Waals surface area contributed by atoms with Crippen LogP contribution < -0.4 is 10.2 Å². The first-order chi connectivity index (χ1) is 13.4. The van der Waals surface area contributed by atoms with Gasteiger partial charge in [-0.15, -0.1) is 0 Å². The monoisotopic (exact) mass is 386 g/mol. The van der Waals surface area contributed by atoms with Crippen LogP contribution in [0, 0.1) is 11.8 Å². The Bertz CT molecular complexity index is 658. The highest BCUT2D eigenvalue weighted by Crippen LogP contribution is 2.20. The summed E-state index contributed by atoms with van der Waals surface area (Å²) in [5.41, 5.74) is 1.85. The Morgan fingerprint density at radius 3 is 2.18 bits per heavy atom. The summed E-state index contributed by atoms with van der Waals surface area (Å²) in [7, 11) is 0. The summed E-state index contributed by atoms with van der Waals surface area (Å²) in [4.78, 5) is 30.5. The standard InChI is InChI=1S/C22H34N4O2/c1-17-14-18(2)16-24(15-17)9-8-23-22(28)26-12-10-25(11-13-26)21-6-4-20(5-7-21)19(3)27/h4-7,17-18H,8-16H2,1-3H3,(H,23,28). The van der Waals surface area contributed by atoms with Crippen LogP contribution in [0.3, 0.4) is 0 Å². The third kappa shape index (κ3) is 5.47. The highest BCUT2D eigenvalue weighted by molar-refractivity contribution is 5.94. The van der Waals surface area contributed by atoms with Crippen molar-refractivity contribution in [2.75, 3.05) is 57.3 Å². The van der Waals surface area contributed by atoms with Gasteiger partial charge >= 0.3 is 6.03 Å². The Morgan fingerprint density at radius 1 is 1.00 bits per heavy atom. The lowest BCUT2D eigenvalue weighted by molar-refractivity contribution is 0.101. The van der Waals surface area contributed by atoms with Crippen molar-refractivity contribution in [2.24, 2.45) is 11.8 Å². The Morgan fingerprint density at radius 2 is 1.61 bits per heavy atom. The van der Waals surface area contributed by atoms with Gasteiger partial charge in [0, 0.05) is 63.6 Å². The zero-order chi connectivity index (χ0) is 20.1. The molecule has 2 amide bonds. The fraction of sp³-hybridized carbons (Fsp3) is 0.636. The number of nitrogens with zero attached hydrogens (tertiary/aromatic N) is 3. The maximum absolute atomic E-state index is 12.5. The Kier molecular flexibility index (Phi) is 6.94. The van der Waals surface area contributed by atoms with Crippen molar-refractivity contribution in [3.63, 3.8) is 0 Å². The first kappa shape index (κ1) is 20.6. The van der Waals surface area contributed by atoms with Gasteiger partial charge < -0.3 is 20.0 Å². The molecule has 2 atom stereocenters. The van der Waals surface area contributed by atoms with Crippen molar-refractivity contribution in [1.29, 1.82) is 0 Å². The molecule has 6 heteroatoms. The summed E-state index contributed by atoms with van der Waals surface area (Å²) in [6.07, 6.45) is 1.31. The van der Waals surface area contributed by atoms with Crippen LogP contribution in [0.15, 0.2) is 24.3 Å². The largest absolute Gasteiger partial charge is 0.368 e. The smallest absolute Gasteiger partial charge is 0.317 e. The van der Waals surface area contributed by atoms with Crippen molar-refractivity contribution in [3.05, 3.63) is 29.8 Å². The number of benzene rings is 1. The number of urea groups is 1. The minimum absolute atomic E-state index is 0.0460. The number of hydrogen-bond donors (Lipinski definition) is 1. The molecule has 2 fully saturated rings.